The molecule has 0 aromatic heterocycles. The lowest BCUT2D eigenvalue weighted by atomic mass is 10.1. The number of amides is 2. The second kappa shape index (κ2) is 12.8. The van der Waals surface area contributed by atoms with Gasteiger partial charge in [-0.3, -0.25) is 9.59 Å². The van der Waals surface area contributed by atoms with E-state index in [2.05, 4.69) is 11.9 Å². The summed E-state index contributed by atoms with van der Waals surface area (Å²) in [5.74, 6) is 1.24. The van der Waals surface area contributed by atoms with Crippen LogP contribution < -0.4 is 10.1 Å². The molecule has 1 heterocycles. The smallest absolute Gasteiger partial charge is 0.247 e. The standard InChI is InChI=1S/C27H27N3O4S.H2O/c1-2-26(31)28-22-10-14-25(15-11-22)35(33)30-18-16-29(17-19-30)27(32)20-21-8-12-24(13-9-21)34-23-6-4-3-5-7-23;/h2-15H,1,16-20H2,(H,28,31);1H2. The van der Waals surface area contributed by atoms with Crippen LogP contribution in [0.1, 0.15) is 5.56 Å². The van der Waals surface area contributed by atoms with Crippen LogP contribution in [0, 0.1) is 0 Å². The number of ether oxygens (including phenoxy) is 1. The van der Waals surface area contributed by atoms with E-state index in [1.165, 1.54) is 6.08 Å². The van der Waals surface area contributed by atoms with Crippen LogP contribution >= 0.6 is 0 Å². The molecule has 0 bridgehead atoms. The van der Waals surface area contributed by atoms with Crippen molar-refractivity contribution < 1.29 is 24.0 Å². The van der Waals surface area contributed by atoms with Crippen LogP contribution in [-0.2, 0) is 27.0 Å². The number of hydrogen-bond acceptors (Lipinski definition) is 4. The molecule has 8 nitrogen and oxygen atoms in total. The monoisotopic (exact) mass is 507 g/mol. The summed E-state index contributed by atoms with van der Waals surface area (Å²) in [6.45, 7) is 5.51. The first-order valence-electron chi connectivity index (χ1n) is 11.3. The normalized spacial score (nSPS) is 14.3. The number of benzene rings is 3. The lowest BCUT2D eigenvalue weighted by molar-refractivity contribution is -0.131. The molecule has 9 heteroatoms. The van der Waals surface area contributed by atoms with Crippen molar-refractivity contribution in [3.8, 4) is 11.5 Å². The Kier molecular flexibility index (Phi) is 9.52. The van der Waals surface area contributed by atoms with Gasteiger partial charge < -0.3 is 20.4 Å². The number of carbonyl (C=O) groups is 2. The van der Waals surface area contributed by atoms with E-state index in [-0.39, 0.29) is 17.3 Å². The topological polar surface area (TPSA) is 110 Å². The molecule has 1 fully saturated rings. The summed E-state index contributed by atoms with van der Waals surface area (Å²) in [7, 11) is -1.33. The van der Waals surface area contributed by atoms with Gasteiger partial charge in [0.2, 0.25) is 11.8 Å². The van der Waals surface area contributed by atoms with Gasteiger partial charge >= 0.3 is 0 Å². The second-order valence-electron chi connectivity index (χ2n) is 8.01. The lowest BCUT2D eigenvalue weighted by Gasteiger charge is -2.33. The number of carbonyl (C=O) groups excluding carboxylic acids is 2. The first-order chi connectivity index (χ1) is 17.0. The lowest BCUT2D eigenvalue weighted by Crippen LogP contribution is -2.49. The summed E-state index contributed by atoms with van der Waals surface area (Å²) in [5.41, 5.74) is 1.54. The Morgan fingerprint density at radius 1 is 0.889 bits per heavy atom. The van der Waals surface area contributed by atoms with Crippen molar-refractivity contribution in [1.82, 2.24) is 9.21 Å². The van der Waals surface area contributed by atoms with Crippen LogP contribution in [0.4, 0.5) is 5.69 Å². The minimum atomic E-state index is -1.33. The molecule has 36 heavy (non-hydrogen) atoms. The van der Waals surface area contributed by atoms with E-state index in [1.54, 1.807) is 24.3 Å². The van der Waals surface area contributed by atoms with Gasteiger partial charge in [0.05, 0.1) is 11.3 Å². The molecular weight excluding hydrogens is 478 g/mol. The molecule has 3 aromatic rings. The van der Waals surface area contributed by atoms with Crippen molar-refractivity contribution in [1.29, 1.82) is 0 Å². The third-order valence-corrected chi connectivity index (χ3v) is 7.10. The highest BCUT2D eigenvalue weighted by molar-refractivity contribution is 7.82. The molecule has 188 valence electrons. The van der Waals surface area contributed by atoms with Crippen molar-refractivity contribution in [3.63, 3.8) is 0 Å². The molecule has 1 aliphatic heterocycles. The number of para-hydroxylation sites is 1. The number of piperazine rings is 1. The van der Waals surface area contributed by atoms with Gasteiger partial charge in [0.25, 0.3) is 0 Å². The molecule has 3 N–H and O–H groups in total. The van der Waals surface area contributed by atoms with Gasteiger partial charge in [-0.25, -0.2) is 8.51 Å². The maximum absolute atomic E-state index is 12.9. The van der Waals surface area contributed by atoms with Crippen molar-refractivity contribution in [2.24, 2.45) is 0 Å². The van der Waals surface area contributed by atoms with Gasteiger partial charge in [-0.2, -0.15) is 0 Å². The molecule has 0 saturated carbocycles. The Labute approximate surface area is 213 Å². The quantitative estimate of drug-likeness (QED) is 0.472. The fourth-order valence-electron chi connectivity index (χ4n) is 3.69. The summed E-state index contributed by atoms with van der Waals surface area (Å²) in [6.07, 6.45) is 1.51. The number of nitrogens with zero attached hydrogens (tertiary/aromatic N) is 2. The molecule has 4 rings (SSSR count). The minimum absolute atomic E-state index is 0. The highest BCUT2D eigenvalue weighted by Crippen LogP contribution is 2.22. The van der Waals surface area contributed by atoms with Gasteiger partial charge in [-0.15, -0.1) is 0 Å². The first-order valence-corrected chi connectivity index (χ1v) is 12.4. The molecule has 1 unspecified atom stereocenters. The van der Waals surface area contributed by atoms with Gasteiger partial charge in [-0.1, -0.05) is 36.9 Å². The number of rotatable bonds is 8. The van der Waals surface area contributed by atoms with Crippen LogP contribution in [0.25, 0.3) is 0 Å². The van der Waals surface area contributed by atoms with Crippen LogP contribution in [0.2, 0.25) is 0 Å². The van der Waals surface area contributed by atoms with Gasteiger partial charge in [0.15, 0.2) is 0 Å². The average Bonchev–Trinajstić information content (AvgIpc) is 2.90. The molecule has 1 aliphatic rings. The zero-order valence-electron chi connectivity index (χ0n) is 19.8. The van der Waals surface area contributed by atoms with E-state index in [9.17, 15) is 13.8 Å². The Morgan fingerprint density at radius 2 is 1.50 bits per heavy atom. The third-order valence-electron chi connectivity index (χ3n) is 5.59. The zero-order chi connectivity index (χ0) is 24.6. The molecule has 1 saturated heterocycles. The van der Waals surface area contributed by atoms with Gasteiger partial charge in [-0.05, 0) is 60.2 Å². The summed E-state index contributed by atoms with van der Waals surface area (Å²) >= 11 is 0. The first kappa shape index (κ1) is 26.8. The zero-order valence-corrected chi connectivity index (χ0v) is 20.6. The van der Waals surface area contributed by atoms with Crippen molar-refractivity contribution >= 4 is 28.5 Å². The van der Waals surface area contributed by atoms with Crippen molar-refractivity contribution in [2.75, 3.05) is 31.5 Å². The number of anilines is 1. The maximum atomic E-state index is 12.9. The summed E-state index contributed by atoms with van der Waals surface area (Å²) < 4.78 is 20.6. The summed E-state index contributed by atoms with van der Waals surface area (Å²) in [5, 5.41) is 2.67. The van der Waals surface area contributed by atoms with Crippen LogP contribution in [0.15, 0.2) is 96.4 Å². The van der Waals surface area contributed by atoms with E-state index in [4.69, 9.17) is 4.74 Å². The second-order valence-corrected chi connectivity index (χ2v) is 9.50. The van der Waals surface area contributed by atoms with E-state index >= 15 is 0 Å². The predicted octanol–water partition coefficient (Wildman–Crippen LogP) is 3.19. The van der Waals surface area contributed by atoms with Crippen LogP contribution in [0.5, 0.6) is 11.5 Å². The van der Waals surface area contributed by atoms with E-state index in [0.29, 0.717) is 43.2 Å². The average molecular weight is 508 g/mol. The number of nitrogens with one attached hydrogen (secondary N) is 1. The molecule has 0 radical (unpaired) electrons. The Balaban J connectivity index is 0.00000361. The largest absolute Gasteiger partial charge is 0.457 e. The Bertz CT molecular complexity index is 1190. The molecular formula is C27H29N3O5S. The van der Waals surface area contributed by atoms with E-state index in [1.807, 2.05) is 63.8 Å². The fourth-order valence-corrected chi connectivity index (χ4v) is 4.85. The Hall–Kier alpha value is -3.79. The van der Waals surface area contributed by atoms with E-state index < -0.39 is 11.0 Å². The Morgan fingerprint density at radius 3 is 2.11 bits per heavy atom. The summed E-state index contributed by atoms with van der Waals surface area (Å²) in [6, 6.07) is 24.0. The molecule has 3 aromatic carbocycles. The SMILES string of the molecule is C=CC(=O)Nc1ccc(S(=O)N2CCN(C(=O)Cc3ccc(Oc4ccccc4)cc3)CC2)cc1.O. The van der Waals surface area contributed by atoms with Gasteiger partial charge in [0, 0.05) is 31.9 Å². The van der Waals surface area contributed by atoms with E-state index in [0.717, 1.165) is 17.1 Å². The third kappa shape index (κ3) is 7.11. The number of hydrogen-bond donors (Lipinski definition) is 1. The van der Waals surface area contributed by atoms with Gasteiger partial charge in [0.1, 0.15) is 22.5 Å². The fraction of sp³-hybridized carbons (Fsp3) is 0.185. The minimum Gasteiger partial charge on any atom is -0.457 e. The highest BCUT2D eigenvalue weighted by atomic mass is 32.2. The highest BCUT2D eigenvalue weighted by Gasteiger charge is 2.25. The molecule has 0 aliphatic carbocycles. The predicted molar refractivity (Wildman–Crippen MR) is 140 cm³/mol. The van der Waals surface area contributed by atoms with Crippen LogP contribution in [-0.4, -0.2) is 56.9 Å². The van der Waals surface area contributed by atoms with Crippen LogP contribution in [0.3, 0.4) is 0 Å². The van der Waals surface area contributed by atoms with Crippen molar-refractivity contribution in [2.45, 2.75) is 11.3 Å². The molecule has 2 amide bonds. The molecule has 1 atom stereocenters. The maximum Gasteiger partial charge on any atom is 0.247 e. The summed E-state index contributed by atoms with van der Waals surface area (Å²) in [4.78, 5) is 26.7. The van der Waals surface area contributed by atoms with Crippen molar-refractivity contribution in [3.05, 3.63) is 97.1 Å². The molecule has 0 spiro atoms.